The molecule has 1 saturated heterocycles. The molecule has 0 aliphatic carbocycles. The lowest BCUT2D eigenvalue weighted by Gasteiger charge is -2.47. The Balaban J connectivity index is 2.06. The summed E-state index contributed by atoms with van der Waals surface area (Å²) in [6, 6.07) is 3.57. The van der Waals surface area contributed by atoms with Crippen LogP contribution in [0.25, 0.3) is 0 Å². The average molecular weight is 291 g/mol. The minimum atomic E-state index is -0.641. The minimum absolute atomic E-state index is 0.0769. The Bertz CT molecular complexity index is 539. The number of rotatable bonds is 1. The fourth-order valence-electron chi connectivity index (χ4n) is 3.44. The van der Waals surface area contributed by atoms with Crippen LogP contribution in [0.15, 0.2) is 12.1 Å². The van der Waals surface area contributed by atoms with Gasteiger partial charge in [0.1, 0.15) is 17.5 Å². The third-order valence-corrected chi connectivity index (χ3v) is 4.70. The minimum Gasteiger partial charge on any atom is -0.485 e. The van der Waals surface area contributed by atoms with E-state index in [1.165, 1.54) is 19.3 Å². The quantitative estimate of drug-likeness (QED) is 0.688. The van der Waals surface area contributed by atoms with Gasteiger partial charge in [-0.05, 0) is 45.8 Å². The molecule has 0 unspecified atom stereocenters. The first-order chi connectivity index (χ1) is 9.90. The van der Waals surface area contributed by atoms with Crippen molar-refractivity contribution in [3.8, 4) is 5.75 Å². The lowest BCUT2D eigenvalue weighted by Crippen LogP contribution is -2.54. The maximum absolute atomic E-state index is 10.8. The molecule has 21 heavy (non-hydrogen) atoms. The lowest BCUT2D eigenvalue weighted by molar-refractivity contribution is -0.0960. The maximum atomic E-state index is 10.8. The predicted octanol–water partition coefficient (Wildman–Crippen LogP) is 1.91. The third-order valence-electron chi connectivity index (χ3n) is 4.70. The van der Waals surface area contributed by atoms with Gasteiger partial charge in [0.15, 0.2) is 0 Å². The fourth-order valence-corrected chi connectivity index (χ4v) is 3.44. The summed E-state index contributed by atoms with van der Waals surface area (Å²) in [4.78, 5) is 2.35. The van der Waals surface area contributed by atoms with E-state index in [0.29, 0.717) is 11.4 Å². The Morgan fingerprint density at radius 2 is 1.76 bits per heavy atom. The Hall–Kier alpha value is -1.46. The molecular formula is C16H25N3O2. The van der Waals surface area contributed by atoms with E-state index in [1.807, 2.05) is 19.9 Å². The summed E-state index contributed by atoms with van der Waals surface area (Å²) < 4.78 is 5.98. The van der Waals surface area contributed by atoms with Crippen LogP contribution in [0.4, 0.5) is 11.4 Å². The monoisotopic (exact) mass is 291 g/mol. The molecule has 0 aromatic heterocycles. The second-order valence-corrected chi connectivity index (χ2v) is 6.71. The van der Waals surface area contributed by atoms with E-state index in [1.54, 1.807) is 6.07 Å². The number of benzene rings is 1. The Labute approximate surface area is 125 Å². The van der Waals surface area contributed by atoms with Gasteiger partial charge in [-0.1, -0.05) is 6.42 Å². The molecule has 1 aromatic rings. The number of hydrogen-bond acceptors (Lipinski definition) is 5. The molecule has 116 valence electrons. The molecular weight excluding hydrogens is 266 g/mol. The standard InChI is InChI=1S/C16H25N3O2/c1-16(2)15(20)14(19-6-4-3-5-7-19)10-8-11(17)12(18)9-13(10)21-16/h8-9,14-15,20H,3-7,17-18H2,1-2H3/t14-,15+/m0/s1. The lowest BCUT2D eigenvalue weighted by atomic mass is 9.84. The zero-order valence-corrected chi connectivity index (χ0v) is 12.8. The number of aliphatic hydroxyl groups is 1. The first-order valence-electron chi connectivity index (χ1n) is 7.70. The van der Waals surface area contributed by atoms with Gasteiger partial charge < -0.3 is 21.3 Å². The largest absolute Gasteiger partial charge is 0.485 e. The van der Waals surface area contributed by atoms with E-state index in [9.17, 15) is 5.11 Å². The van der Waals surface area contributed by atoms with E-state index >= 15 is 0 Å². The normalized spacial score (nSPS) is 28.7. The number of ether oxygens (including phenoxy) is 1. The van der Waals surface area contributed by atoms with E-state index in [4.69, 9.17) is 16.2 Å². The number of nitrogens with zero attached hydrogens (tertiary/aromatic N) is 1. The van der Waals surface area contributed by atoms with Crippen molar-refractivity contribution in [2.45, 2.75) is 50.9 Å². The molecule has 5 heteroatoms. The summed E-state index contributed by atoms with van der Waals surface area (Å²) in [5.41, 5.74) is 13.3. The zero-order valence-electron chi connectivity index (χ0n) is 12.8. The topological polar surface area (TPSA) is 84.7 Å². The molecule has 2 atom stereocenters. The van der Waals surface area contributed by atoms with Gasteiger partial charge in [0.2, 0.25) is 0 Å². The third kappa shape index (κ3) is 2.45. The van der Waals surface area contributed by atoms with Crippen molar-refractivity contribution in [2.24, 2.45) is 0 Å². The van der Waals surface area contributed by atoms with Gasteiger partial charge in [0.25, 0.3) is 0 Å². The van der Waals surface area contributed by atoms with Crippen LogP contribution in [-0.2, 0) is 0 Å². The van der Waals surface area contributed by atoms with Crippen LogP contribution in [0.2, 0.25) is 0 Å². The first-order valence-corrected chi connectivity index (χ1v) is 7.70. The fraction of sp³-hybridized carbons (Fsp3) is 0.625. The second kappa shape index (κ2) is 5.07. The molecule has 0 amide bonds. The van der Waals surface area contributed by atoms with Crippen molar-refractivity contribution in [3.05, 3.63) is 17.7 Å². The highest BCUT2D eigenvalue weighted by atomic mass is 16.5. The molecule has 1 aromatic carbocycles. The van der Waals surface area contributed by atoms with Crippen LogP contribution >= 0.6 is 0 Å². The van der Waals surface area contributed by atoms with Crippen molar-refractivity contribution in [3.63, 3.8) is 0 Å². The summed E-state index contributed by atoms with van der Waals surface area (Å²) in [5.74, 6) is 0.743. The SMILES string of the molecule is CC1(C)Oc2cc(N)c(N)cc2[C@H](N2CCCCC2)[C@H]1O. The molecule has 0 bridgehead atoms. The number of aliphatic hydroxyl groups excluding tert-OH is 1. The van der Waals surface area contributed by atoms with Crippen LogP contribution in [0.3, 0.4) is 0 Å². The van der Waals surface area contributed by atoms with E-state index in [0.717, 1.165) is 24.4 Å². The molecule has 0 spiro atoms. The number of piperidine rings is 1. The van der Waals surface area contributed by atoms with Crippen molar-refractivity contribution in [2.75, 3.05) is 24.6 Å². The van der Waals surface area contributed by atoms with Crippen LogP contribution in [0.5, 0.6) is 5.75 Å². The Morgan fingerprint density at radius 1 is 1.14 bits per heavy atom. The first kappa shape index (κ1) is 14.5. The van der Waals surface area contributed by atoms with Gasteiger partial charge in [0.05, 0.1) is 17.4 Å². The van der Waals surface area contributed by atoms with E-state index in [-0.39, 0.29) is 6.04 Å². The maximum Gasteiger partial charge on any atom is 0.131 e. The van der Waals surface area contributed by atoms with Gasteiger partial charge in [-0.3, -0.25) is 4.90 Å². The highest BCUT2D eigenvalue weighted by Gasteiger charge is 2.45. The molecule has 2 aliphatic rings. The summed E-state index contributed by atoms with van der Waals surface area (Å²) in [7, 11) is 0. The van der Waals surface area contributed by atoms with Gasteiger partial charge in [0, 0.05) is 11.6 Å². The number of nitrogens with two attached hydrogens (primary N) is 2. The summed E-state index contributed by atoms with van der Waals surface area (Å²) in [6.45, 7) is 5.84. The van der Waals surface area contributed by atoms with Crippen molar-refractivity contribution < 1.29 is 9.84 Å². The predicted molar refractivity (Wildman–Crippen MR) is 84.1 cm³/mol. The van der Waals surface area contributed by atoms with Crippen molar-refractivity contribution in [1.29, 1.82) is 0 Å². The van der Waals surface area contributed by atoms with E-state index < -0.39 is 11.7 Å². The zero-order chi connectivity index (χ0) is 15.2. The molecule has 0 saturated carbocycles. The van der Waals surface area contributed by atoms with Gasteiger partial charge >= 0.3 is 0 Å². The van der Waals surface area contributed by atoms with Crippen molar-refractivity contribution >= 4 is 11.4 Å². The van der Waals surface area contributed by atoms with Crippen LogP contribution in [0, 0.1) is 0 Å². The van der Waals surface area contributed by atoms with Crippen LogP contribution in [-0.4, -0.2) is 34.8 Å². The average Bonchev–Trinajstić information content (AvgIpc) is 2.44. The Morgan fingerprint density at radius 3 is 2.43 bits per heavy atom. The smallest absolute Gasteiger partial charge is 0.131 e. The molecule has 5 nitrogen and oxygen atoms in total. The van der Waals surface area contributed by atoms with E-state index in [2.05, 4.69) is 4.90 Å². The number of fused-ring (bicyclic) bond motifs is 1. The van der Waals surface area contributed by atoms with Gasteiger partial charge in [-0.25, -0.2) is 0 Å². The highest BCUT2D eigenvalue weighted by molar-refractivity contribution is 5.68. The molecule has 2 aliphatic heterocycles. The number of likely N-dealkylation sites (tertiary alicyclic amines) is 1. The van der Waals surface area contributed by atoms with Crippen LogP contribution in [0.1, 0.15) is 44.7 Å². The molecule has 3 rings (SSSR count). The van der Waals surface area contributed by atoms with Crippen molar-refractivity contribution in [1.82, 2.24) is 4.90 Å². The molecule has 1 fully saturated rings. The van der Waals surface area contributed by atoms with Crippen LogP contribution < -0.4 is 16.2 Å². The molecule has 2 heterocycles. The second-order valence-electron chi connectivity index (χ2n) is 6.71. The number of anilines is 2. The summed E-state index contributed by atoms with van der Waals surface area (Å²) >= 11 is 0. The number of nitrogen functional groups attached to an aromatic ring is 2. The highest BCUT2D eigenvalue weighted by Crippen LogP contribution is 2.45. The molecule has 5 N–H and O–H groups in total. The Kier molecular flexibility index (Phi) is 3.50. The number of hydrogen-bond donors (Lipinski definition) is 3. The van der Waals surface area contributed by atoms with Gasteiger partial charge in [-0.15, -0.1) is 0 Å². The van der Waals surface area contributed by atoms with Gasteiger partial charge in [-0.2, -0.15) is 0 Å². The molecule has 0 radical (unpaired) electrons. The summed E-state index contributed by atoms with van der Waals surface area (Å²) in [5, 5.41) is 10.8. The summed E-state index contributed by atoms with van der Waals surface area (Å²) in [6.07, 6.45) is 3.01.